The van der Waals surface area contributed by atoms with E-state index in [4.69, 9.17) is 5.73 Å². The first kappa shape index (κ1) is 17.7. The van der Waals surface area contributed by atoms with E-state index in [0.717, 1.165) is 19.3 Å². The fraction of sp³-hybridized carbons (Fsp3) is 0.765. The highest BCUT2D eigenvalue weighted by atomic mass is 32.1. The quantitative estimate of drug-likeness (QED) is 0.598. The summed E-state index contributed by atoms with van der Waals surface area (Å²) >= 11 is 1.92. The average molecular weight is 298 g/mol. The maximum atomic E-state index is 9.33. The van der Waals surface area contributed by atoms with Crippen molar-refractivity contribution in [1.82, 2.24) is 0 Å². The summed E-state index contributed by atoms with van der Waals surface area (Å²) in [5.74, 6) is 0. The van der Waals surface area contributed by atoms with Crippen LogP contribution in [0.5, 0.6) is 0 Å². The summed E-state index contributed by atoms with van der Waals surface area (Å²) in [4.78, 5) is 2.91. The van der Waals surface area contributed by atoms with Crippen LogP contribution in [0.15, 0.2) is 12.1 Å². The van der Waals surface area contributed by atoms with Gasteiger partial charge in [-0.2, -0.15) is 0 Å². The van der Waals surface area contributed by atoms with Gasteiger partial charge in [-0.25, -0.2) is 0 Å². The van der Waals surface area contributed by atoms with Crippen LogP contribution in [0.1, 0.15) is 68.5 Å². The summed E-state index contributed by atoms with van der Waals surface area (Å²) in [6, 6.07) is 4.50. The standard InChI is InChI=1S/C17H31NOS/c1-3-5-6-7-8-9-15-10-11-16(20-15)12-13-17(18,4-2)14-19/h10-11,19H,3-9,12-14,18H2,1-2H3. The second-order valence-electron chi connectivity index (χ2n) is 5.91. The highest BCUT2D eigenvalue weighted by molar-refractivity contribution is 7.11. The molecular formula is C17H31NOS. The summed E-state index contributed by atoms with van der Waals surface area (Å²) in [6.07, 6.45) is 10.6. The first-order chi connectivity index (χ1) is 9.63. The van der Waals surface area contributed by atoms with Gasteiger partial charge in [-0.1, -0.05) is 39.5 Å². The molecule has 0 amide bonds. The lowest BCUT2D eigenvalue weighted by Crippen LogP contribution is -2.43. The zero-order chi connectivity index (χ0) is 14.8. The van der Waals surface area contributed by atoms with Crippen LogP contribution in [-0.2, 0) is 12.8 Å². The van der Waals surface area contributed by atoms with Crippen LogP contribution in [0, 0.1) is 0 Å². The van der Waals surface area contributed by atoms with Crippen LogP contribution in [-0.4, -0.2) is 17.3 Å². The Morgan fingerprint density at radius 3 is 2.30 bits per heavy atom. The zero-order valence-electron chi connectivity index (χ0n) is 13.2. The highest BCUT2D eigenvalue weighted by Gasteiger charge is 2.21. The molecule has 1 unspecified atom stereocenters. The Labute approximate surface area is 128 Å². The van der Waals surface area contributed by atoms with E-state index < -0.39 is 5.54 Å². The van der Waals surface area contributed by atoms with E-state index in [1.54, 1.807) is 0 Å². The van der Waals surface area contributed by atoms with Crippen molar-refractivity contribution < 1.29 is 5.11 Å². The van der Waals surface area contributed by atoms with Crippen LogP contribution in [0.3, 0.4) is 0 Å². The van der Waals surface area contributed by atoms with Crippen molar-refractivity contribution in [3.63, 3.8) is 0 Å². The third kappa shape index (κ3) is 6.38. The van der Waals surface area contributed by atoms with Crippen LogP contribution in [0.4, 0.5) is 0 Å². The number of unbranched alkanes of at least 4 members (excludes halogenated alkanes) is 4. The smallest absolute Gasteiger partial charge is 0.0611 e. The highest BCUT2D eigenvalue weighted by Crippen LogP contribution is 2.23. The lowest BCUT2D eigenvalue weighted by molar-refractivity contribution is 0.183. The number of nitrogens with two attached hydrogens (primary N) is 1. The fourth-order valence-electron chi connectivity index (χ4n) is 2.33. The molecule has 116 valence electrons. The summed E-state index contributed by atoms with van der Waals surface area (Å²) in [5.41, 5.74) is 5.73. The monoisotopic (exact) mass is 297 g/mol. The third-order valence-corrected chi connectivity index (χ3v) is 5.34. The second-order valence-corrected chi connectivity index (χ2v) is 7.16. The number of hydrogen-bond donors (Lipinski definition) is 2. The van der Waals surface area contributed by atoms with E-state index in [1.807, 2.05) is 18.3 Å². The van der Waals surface area contributed by atoms with E-state index in [-0.39, 0.29) is 6.61 Å². The Bertz CT molecular complexity index is 358. The summed E-state index contributed by atoms with van der Waals surface area (Å²) < 4.78 is 0. The molecule has 0 aliphatic rings. The van der Waals surface area contributed by atoms with E-state index in [1.165, 1.54) is 48.3 Å². The molecule has 0 aliphatic carbocycles. The fourth-order valence-corrected chi connectivity index (χ4v) is 3.39. The van der Waals surface area contributed by atoms with Gasteiger partial charge in [0.15, 0.2) is 0 Å². The first-order valence-electron chi connectivity index (χ1n) is 8.11. The molecule has 20 heavy (non-hydrogen) atoms. The van der Waals surface area contributed by atoms with E-state index in [9.17, 15) is 5.11 Å². The molecule has 0 spiro atoms. The lowest BCUT2D eigenvalue weighted by atomic mass is 9.92. The molecule has 1 aromatic rings. The molecule has 3 N–H and O–H groups in total. The molecule has 1 heterocycles. The van der Waals surface area contributed by atoms with Crippen molar-refractivity contribution in [2.24, 2.45) is 5.73 Å². The minimum absolute atomic E-state index is 0.0825. The predicted octanol–water partition coefficient (Wildman–Crippen LogP) is 4.29. The third-order valence-electron chi connectivity index (χ3n) is 4.13. The number of thiophene rings is 1. The molecule has 1 atom stereocenters. The molecule has 0 saturated heterocycles. The van der Waals surface area contributed by atoms with Crippen LogP contribution in [0.25, 0.3) is 0 Å². The van der Waals surface area contributed by atoms with Crippen LogP contribution >= 0.6 is 11.3 Å². The first-order valence-corrected chi connectivity index (χ1v) is 8.92. The Morgan fingerprint density at radius 2 is 1.70 bits per heavy atom. The number of aliphatic hydroxyl groups excluding tert-OH is 1. The maximum Gasteiger partial charge on any atom is 0.0611 e. The molecule has 0 aromatic carbocycles. The molecule has 3 heteroatoms. The number of aliphatic hydroxyl groups is 1. The van der Waals surface area contributed by atoms with Gasteiger partial charge in [0.05, 0.1) is 6.61 Å². The van der Waals surface area contributed by atoms with Gasteiger partial charge in [-0.05, 0) is 44.2 Å². The number of rotatable bonds is 11. The maximum absolute atomic E-state index is 9.33. The molecule has 0 fully saturated rings. The summed E-state index contributed by atoms with van der Waals surface area (Å²) in [5, 5.41) is 9.33. The van der Waals surface area contributed by atoms with Crippen LogP contribution < -0.4 is 5.73 Å². The Morgan fingerprint density at radius 1 is 1.05 bits per heavy atom. The van der Waals surface area contributed by atoms with Crippen molar-refractivity contribution in [2.75, 3.05) is 6.61 Å². The molecule has 0 saturated carbocycles. The topological polar surface area (TPSA) is 46.2 Å². The molecule has 1 rings (SSSR count). The van der Waals surface area contributed by atoms with E-state index in [2.05, 4.69) is 19.1 Å². The minimum Gasteiger partial charge on any atom is -0.394 e. The average Bonchev–Trinajstić information content (AvgIpc) is 2.92. The normalized spacial score (nSPS) is 14.4. The van der Waals surface area contributed by atoms with E-state index >= 15 is 0 Å². The van der Waals surface area contributed by atoms with Gasteiger partial charge in [0.2, 0.25) is 0 Å². The van der Waals surface area contributed by atoms with Gasteiger partial charge in [-0.15, -0.1) is 11.3 Å². The van der Waals surface area contributed by atoms with Crippen molar-refractivity contribution in [3.05, 3.63) is 21.9 Å². The minimum atomic E-state index is -0.399. The van der Waals surface area contributed by atoms with Gasteiger partial charge in [0.25, 0.3) is 0 Å². The van der Waals surface area contributed by atoms with Gasteiger partial charge in [0, 0.05) is 15.3 Å². The summed E-state index contributed by atoms with van der Waals surface area (Å²) in [6.45, 7) is 4.39. The number of aryl methyl sites for hydroxylation is 2. The van der Waals surface area contributed by atoms with Crippen molar-refractivity contribution >= 4 is 11.3 Å². The van der Waals surface area contributed by atoms with Crippen molar-refractivity contribution in [1.29, 1.82) is 0 Å². The van der Waals surface area contributed by atoms with Gasteiger partial charge >= 0.3 is 0 Å². The molecule has 0 radical (unpaired) electrons. The van der Waals surface area contributed by atoms with Gasteiger partial charge in [0.1, 0.15) is 0 Å². The van der Waals surface area contributed by atoms with E-state index in [0.29, 0.717) is 0 Å². The Hall–Kier alpha value is -0.380. The lowest BCUT2D eigenvalue weighted by Gasteiger charge is -2.25. The van der Waals surface area contributed by atoms with Crippen molar-refractivity contribution in [3.8, 4) is 0 Å². The molecule has 0 aliphatic heterocycles. The van der Waals surface area contributed by atoms with Gasteiger partial charge < -0.3 is 10.8 Å². The second kappa shape index (κ2) is 9.54. The Balaban J connectivity index is 2.29. The largest absolute Gasteiger partial charge is 0.394 e. The summed E-state index contributed by atoms with van der Waals surface area (Å²) in [7, 11) is 0. The molecule has 2 nitrogen and oxygen atoms in total. The Kier molecular flexibility index (Phi) is 8.43. The SMILES string of the molecule is CCCCCCCc1ccc(CCC(N)(CC)CO)s1. The van der Waals surface area contributed by atoms with Crippen molar-refractivity contribution in [2.45, 2.75) is 77.2 Å². The number of hydrogen-bond acceptors (Lipinski definition) is 3. The predicted molar refractivity (Wildman–Crippen MR) is 89.4 cm³/mol. The molecule has 1 aromatic heterocycles. The van der Waals surface area contributed by atoms with Gasteiger partial charge in [-0.3, -0.25) is 0 Å². The van der Waals surface area contributed by atoms with Crippen LogP contribution in [0.2, 0.25) is 0 Å². The molecular weight excluding hydrogens is 266 g/mol. The zero-order valence-corrected chi connectivity index (χ0v) is 14.0. The molecule has 0 bridgehead atoms.